The number of aromatic nitrogens is 1. The summed E-state index contributed by atoms with van der Waals surface area (Å²) in [7, 11) is 0. The van der Waals surface area contributed by atoms with Crippen LogP contribution in [-0.4, -0.2) is 10.9 Å². The van der Waals surface area contributed by atoms with Crippen molar-refractivity contribution in [3.63, 3.8) is 0 Å². The summed E-state index contributed by atoms with van der Waals surface area (Å²) in [4.78, 5) is 16.2. The lowest BCUT2D eigenvalue weighted by Crippen LogP contribution is -2.25. The maximum absolute atomic E-state index is 12.1. The minimum Gasteiger partial charge on any atom is -0.348 e. The molecule has 104 valence electrons. The number of amides is 1. The number of nitrogens with one attached hydrogen (secondary N) is 2. The molecule has 0 aliphatic heterocycles. The maximum atomic E-state index is 12.1. The van der Waals surface area contributed by atoms with Gasteiger partial charge in [0.25, 0.3) is 5.91 Å². The van der Waals surface area contributed by atoms with Gasteiger partial charge in [0, 0.05) is 22.2 Å². The molecule has 0 fully saturated rings. The van der Waals surface area contributed by atoms with Gasteiger partial charge in [0.15, 0.2) is 5.82 Å². The van der Waals surface area contributed by atoms with E-state index in [-0.39, 0.29) is 5.91 Å². The van der Waals surface area contributed by atoms with E-state index >= 15 is 0 Å². The molecule has 2 rings (SSSR count). The number of rotatable bonds is 4. The SMILES string of the molecule is NNc1ncc(Br)cc1C(=O)NCc1cccc(Cl)c1. The third-order valence-electron chi connectivity index (χ3n) is 2.58. The van der Waals surface area contributed by atoms with Gasteiger partial charge in [-0.1, -0.05) is 23.7 Å². The number of nitrogen functional groups attached to an aromatic ring is 1. The van der Waals surface area contributed by atoms with E-state index in [0.29, 0.717) is 27.4 Å². The Bertz CT molecular complexity index is 636. The monoisotopic (exact) mass is 354 g/mol. The Hall–Kier alpha value is -1.63. The van der Waals surface area contributed by atoms with Gasteiger partial charge in [-0.2, -0.15) is 0 Å². The lowest BCUT2D eigenvalue weighted by molar-refractivity contribution is 0.0951. The molecule has 1 aromatic heterocycles. The van der Waals surface area contributed by atoms with Gasteiger partial charge in [0.1, 0.15) is 0 Å². The van der Waals surface area contributed by atoms with Gasteiger partial charge in [-0.05, 0) is 39.7 Å². The van der Waals surface area contributed by atoms with Gasteiger partial charge in [-0.15, -0.1) is 0 Å². The molecule has 4 N–H and O–H groups in total. The molecule has 1 amide bonds. The lowest BCUT2D eigenvalue weighted by Gasteiger charge is -2.09. The summed E-state index contributed by atoms with van der Waals surface area (Å²) in [6.45, 7) is 0.371. The van der Waals surface area contributed by atoms with E-state index in [0.717, 1.165) is 5.56 Å². The van der Waals surface area contributed by atoms with Crippen molar-refractivity contribution in [2.45, 2.75) is 6.54 Å². The molecular weight excluding hydrogens is 344 g/mol. The topological polar surface area (TPSA) is 80.0 Å². The normalized spacial score (nSPS) is 10.2. The summed E-state index contributed by atoms with van der Waals surface area (Å²) >= 11 is 9.16. The number of carbonyl (C=O) groups excluding carboxylic acids is 1. The van der Waals surface area contributed by atoms with Crippen LogP contribution in [0, 0.1) is 0 Å². The molecule has 0 saturated carbocycles. The van der Waals surface area contributed by atoms with Crippen molar-refractivity contribution < 1.29 is 4.79 Å². The molecular formula is C13H12BrClN4O. The Morgan fingerprint density at radius 1 is 1.40 bits per heavy atom. The van der Waals surface area contributed by atoms with Crippen LogP contribution >= 0.6 is 27.5 Å². The zero-order chi connectivity index (χ0) is 14.5. The number of carbonyl (C=O) groups is 1. The van der Waals surface area contributed by atoms with Crippen LogP contribution in [0.15, 0.2) is 41.0 Å². The minimum absolute atomic E-state index is 0.272. The summed E-state index contributed by atoms with van der Waals surface area (Å²) in [5.41, 5.74) is 3.67. The molecule has 0 aliphatic carbocycles. The number of hydrogen-bond acceptors (Lipinski definition) is 4. The van der Waals surface area contributed by atoms with Crippen LogP contribution < -0.4 is 16.6 Å². The van der Waals surface area contributed by atoms with Crippen molar-refractivity contribution in [2.75, 3.05) is 5.43 Å². The third-order valence-corrected chi connectivity index (χ3v) is 3.25. The summed E-state index contributed by atoms with van der Waals surface area (Å²) in [5, 5.41) is 3.42. The fourth-order valence-corrected chi connectivity index (χ4v) is 2.20. The Labute approximate surface area is 129 Å². The van der Waals surface area contributed by atoms with Gasteiger partial charge in [-0.25, -0.2) is 10.8 Å². The van der Waals surface area contributed by atoms with E-state index < -0.39 is 0 Å². The molecule has 0 atom stereocenters. The molecule has 0 radical (unpaired) electrons. The molecule has 2 aromatic rings. The molecule has 20 heavy (non-hydrogen) atoms. The van der Waals surface area contributed by atoms with Crippen LogP contribution in [0.3, 0.4) is 0 Å². The highest BCUT2D eigenvalue weighted by Gasteiger charge is 2.12. The van der Waals surface area contributed by atoms with Crippen LogP contribution in [0.4, 0.5) is 5.82 Å². The van der Waals surface area contributed by atoms with Gasteiger partial charge in [0.2, 0.25) is 0 Å². The summed E-state index contributed by atoms with van der Waals surface area (Å²) < 4.78 is 0.699. The molecule has 0 aliphatic rings. The first-order chi connectivity index (χ1) is 9.60. The molecule has 5 nitrogen and oxygen atoms in total. The smallest absolute Gasteiger partial charge is 0.255 e. The average Bonchev–Trinajstić information content (AvgIpc) is 2.45. The lowest BCUT2D eigenvalue weighted by atomic mass is 10.2. The van der Waals surface area contributed by atoms with Crippen molar-refractivity contribution in [2.24, 2.45) is 5.84 Å². The van der Waals surface area contributed by atoms with Crippen LogP contribution in [0.2, 0.25) is 5.02 Å². The van der Waals surface area contributed by atoms with Crippen molar-refractivity contribution in [3.8, 4) is 0 Å². The highest BCUT2D eigenvalue weighted by Crippen LogP contribution is 2.17. The van der Waals surface area contributed by atoms with Gasteiger partial charge < -0.3 is 10.7 Å². The predicted octanol–water partition coefficient (Wildman–Crippen LogP) is 2.71. The molecule has 1 aromatic carbocycles. The van der Waals surface area contributed by atoms with Crippen molar-refractivity contribution >= 4 is 39.3 Å². The summed E-state index contributed by atoms with van der Waals surface area (Å²) in [5.74, 6) is 5.39. The van der Waals surface area contributed by atoms with Crippen LogP contribution in [0.1, 0.15) is 15.9 Å². The van der Waals surface area contributed by atoms with Crippen molar-refractivity contribution in [1.29, 1.82) is 0 Å². The third kappa shape index (κ3) is 3.69. The van der Waals surface area contributed by atoms with Crippen LogP contribution in [-0.2, 0) is 6.54 Å². The standard InChI is InChI=1S/C13H12BrClN4O/c14-9-5-11(12(19-16)17-7-9)13(20)18-6-8-2-1-3-10(15)4-8/h1-5,7H,6,16H2,(H,17,19)(H,18,20). The first-order valence-electron chi connectivity index (χ1n) is 5.75. The highest BCUT2D eigenvalue weighted by atomic mass is 79.9. The number of pyridine rings is 1. The fraction of sp³-hybridized carbons (Fsp3) is 0.0769. The Morgan fingerprint density at radius 3 is 2.90 bits per heavy atom. The van der Waals surface area contributed by atoms with Gasteiger partial charge in [-0.3, -0.25) is 4.79 Å². The largest absolute Gasteiger partial charge is 0.348 e. The number of nitrogens with zero attached hydrogens (tertiary/aromatic N) is 1. The van der Waals surface area contributed by atoms with Gasteiger partial charge >= 0.3 is 0 Å². The molecule has 0 bridgehead atoms. The maximum Gasteiger partial charge on any atom is 0.255 e. The molecule has 7 heteroatoms. The zero-order valence-electron chi connectivity index (χ0n) is 10.4. The quantitative estimate of drug-likeness (QED) is 0.582. The Morgan fingerprint density at radius 2 is 2.20 bits per heavy atom. The number of halogens is 2. The second kappa shape index (κ2) is 6.69. The molecule has 0 saturated heterocycles. The van der Waals surface area contributed by atoms with E-state index in [1.807, 2.05) is 12.1 Å². The van der Waals surface area contributed by atoms with Crippen molar-refractivity contribution in [3.05, 3.63) is 57.2 Å². The van der Waals surface area contributed by atoms with E-state index in [4.69, 9.17) is 17.4 Å². The number of hydrogen-bond donors (Lipinski definition) is 3. The predicted molar refractivity (Wildman–Crippen MR) is 82.4 cm³/mol. The number of anilines is 1. The van der Waals surface area contributed by atoms with E-state index in [1.54, 1.807) is 24.4 Å². The second-order valence-corrected chi connectivity index (χ2v) is 5.36. The number of benzene rings is 1. The second-order valence-electron chi connectivity index (χ2n) is 4.01. The van der Waals surface area contributed by atoms with Crippen molar-refractivity contribution in [1.82, 2.24) is 10.3 Å². The van der Waals surface area contributed by atoms with Crippen LogP contribution in [0.25, 0.3) is 0 Å². The van der Waals surface area contributed by atoms with E-state index in [2.05, 4.69) is 31.7 Å². The molecule has 1 heterocycles. The highest BCUT2D eigenvalue weighted by molar-refractivity contribution is 9.10. The molecule has 0 spiro atoms. The summed E-state index contributed by atoms with van der Waals surface area (Å²) in [6, 6.07) is 8.94. The Kier molecular flexibility index (Phi) is 4.94. The number of hydrazine groups is 1. The molecule has 0 unspecified atom stereocenters. The average molecular weight is 356 g/mol. The number of nitrogens with two attached hydrogens (primary N) is 1. The first kappa shape index (κ1) is 14.8. The van der Waals surface area contributed by atoms with Crippen LogP contribution in [0.5, 0.6) is 0 Å². The Balaban J connectivity index is 2.10. The van der Waals surface area contributed by atoms with E-state index in [9.17, 15) is 4.79 Å². The van der Waals surface area contributed by atoms with E-state index in [1.165, 1.54) is 0 Å². The fourth-order valence-electron chi connectivity index (χ4n) is 1.65. The minimum atomic E-state index is -0.272. The summed E-state index contributed by atoms with van der Waals surface area (Å²) in [6.07, 6.45) is 1.56. The van der Waals surface area contributed by atoms with Gasteiger partial charge in [0.05, 0.1) is 5.56 Å². The first-order valence-corrected chi connectivity index (χ1v) is 6.92. The zero-order valence-corrected chi connectivity index (χ0v) is 12.7.